The van der Waals surface area contributed by atoms with E-state index < -0.39 is 5.79 Å². The second kappa shape index (κ2) is 9.72. The summed E-state index contributed by atoms with van der Waals surface area (Å²) in [4.78, 5) is 25.1. The maximum atomic E-state index is 12.1. The van der Waals surface area contributed by atoms with Crippen molar-refractivity contribution in [2.24, 2.45) is 7.05 Å². The molecule has 0 unspecified atom stereocenters. The van der Waals surface area contributed by atoms with Crippen LogP contribution in [0.1, 0.15) is 47.0 Å². The molecule has 3 aromatic heterocycles. The van der Waals surface area contributed by atoms with Gasteiger partial charge in [-0.3, -0.25) is 9.88 Å². The molecular formula is C28H27ClN4O4S. The third kappa shape index (κ3) is 4.44. The van der Waals surface area contributed by atoms with E-state index in [1.54, 1.807) is 12.3 Å². The number of esters is 1. The summed E-state index contributed by atoms with van der Waals surface area (Å²) < 4.78 is 19.8. The van der Waals surface area contributed by atoms with Crippen molar-refractivity contribution in [1.82, 2.24) is 19.4 Å². The van der Waals surface area contributed by atoms with Crippen LogP contribution in [0.15, 0.2) is 48.7 Å². The molecule has 8 nitrogen and oxygen atoms in total. The Morgan fingerprint density at radius 2 is 2.13 bits per heavy atom. The van der Waals surface area contributed by atoms with Crippen molar-refractivity contribution in [1.29, 1.82) is 0 Å². The minimum atomic E-state index is -1.01. The first-order chi connectivity index (χ1) is 18.3. The van der Waals surface area contributed by atoms with Gasteiger partial charge in [0.05, 0.1) is 23.7 Å². The van der Waals surface area contributed by atoms with Crippen molar-refractivity contribution in [3.05, 3.63) is 75.7 Å². The van der Waals surface area contributed by atoms with Crippen LogP contribution in [0.5, 0.6) is 11.5 Å². The highest BCUT2D eigenvalue weighted by Crippen LogP contribution is 2.48. The van der Waals surface area contributed by atoms with Crippen LogP contribution in [0, 0.1) is 0 Å². The molecule has 0 radical (unpaired) electrons. The first-order valence-corrected chi connectivity index (χ1v) is 13.7. The molecule has 0 fully saturated rings. The Morgan fingerprint density at radius 3 is 2.84 bits per heavy atom. The van der Waals surface area contributed by atoms with Crippen molar-refractivity contribution >= 4 is 44.8 Å². The van der Waals surface area contributed by atoms with Crippen LogP contribution in [0.2, 0.25) is 5.02 Å². The molecule has 0 saturated carbocycles. The van der Waals surface area contributed by atoms with Crippen molar-refractivity contribution < 1.29 is 19.0 Å². The van der Waals surface area contributed by atoms with Crippen LogP contribution in [-0.2, 0) is 24.1 Å². The number of hydrogen-bond donors (Lipinski definition) is 0. The van der Waals surface area contributed by atoms with E-state index in [-0.39, 0.29) is 5.97 Å². The van der Waals surface area contributed by atoms with E-state index in [9.17, 15) is 4.79 Å². The molecule has 0 saturated heterocycles. The molecule has 0 spiro atoms. The summed E-state index contributed by atoms with van der Waals surface area (Å²) in [6, 6.07) is 11.5. The molecule has 196 valence electrons. The van der Waals surface area contributed by atoms with Crippen LogP contribution >= 0.6 is 22.9 Å². The van der Waals surface area contributed by atoms with E-state index in [4.69, 9.17) is 30.8 Å². The summed E-state index contributed by atoms with van der Waals surface area (Å²) in [6.07, 6.45) is 4.73. The maximum absolute atomic E-state index is 12.1. The third-order valence-electron chi connectivity index (χ3n) is 6.93. The number of carbonyl (C=O) groups is 1. The van der Waals surface area contributed by atoms with Crippen molar-refractivity contribution in [3.63, 3.8) is 0 Å². The van der Waals surface area contributed by atoms with Crippen LogP contribution in [0.4, 0.5) is 0 Å². The normalized spacial score (nSPS) is 19.1. The molecule has 10 heteroatoms. The lowest BCUT2D eigenvalue weighted by Crippen LogP contribution is -2.32. The Morgan fingerprint density at radius 1 is 1.26 bits per heavy atom. The predicted molar refractivity (Wildman–Crippen MR) is 147 cm³/mol. The second-order valence-electron chi connectivity index (χ2n) is 9.47. The Bertz CT molecular complexity index is 1560. The number of rotatable bonds is 6. The summed E-state index contributed by atoms with van der Waals surface area (Å²) in [5.41, 5.74) is 3.90. The monoisotopic (exact) mass is 550 g/mol. The van der Waals surface area contributed by atoms with Gasteiger partial charge in [-0.2, -0.15) is 0 Å². The number of aryl methyl sites for hydroxylation is 1. The molecule has 0 amide bonds. The molecule has 4 aromatic rings. The van der Waals surface area contributed by atoms with Gasteiger partial charge in [0.2, 0.25) is 0 Å². The van der Waals surface area contributed by atoms with Crippen molar-refractivity contribution in [3.8, 4) is 11.5 Å². The lowest BCUT2D eigenvalue weighted by molar-refractivity contribution is -0.0718. The van der Waals surface area contributed by atoms with Gasteiger partial charge in [0.15, 0.2) is 11.5 Å². The predicted octanol–water partition coefficient (Wildman–Crippen LogP) is 5.79. The van der Waals surface area contributed by atoms with Gasteiger partial charge in [0.1, 0.15) is 21.2 Å². The first-order valence-electron chi connectivity index (χ1n) is 12.5. The number of benzene rings is 1. The molecular weight excluding hydrogens is 524 g/mol. The molecule has 0 aliphatic carbocycles. The fraction of sp³-hybridized carbons (Fsp3) is 0.321. The van der Waals surface area contributed by atoms with E-state index in [1.807, 2.05) is 45.2 Å². The summed E-state index contributed by atoms with van der Waals surface area (Å²) in [5.74, 6) is 1.12. The van der Waals surface area contributed by atoms with Gasteiger partial charge < -0.3 is 18.8 Å². The topological polar surface area (TPSA) is 78.7 Å². The van der Waals surface area contributed by atoms with Gasteiger partial charge in [0, 0.05) is 38.8 Å². The lowest BCUT2D eigenvalue weighted by Gasteiger charge is -2.27. The van der Waals surface area contributed by atoms with Gasteiger partial charge in [-0.05, 0) is 43.2 Å². The molecule has 0 bridgehead atoms. The zero-order valence-electron chi connectivity index (χ0n) is 21.4. The maximum Gasteiger partial charge on any atom is 0.348 e. The average Bonchev–Trinajstić information content (AvgIpc) is 3.57. The molecule has 38 heavy (non-hydrogen) atoms. The Kier molecular flexibility index (Phi) is 6.37. The fourth-order valence-corrected chi connectivity index (χ4v) is 5.98. The smallest absolute Gasteiger partial charge is 0.348 e. The minimum Gasteiger partial charge on any atom is -0.462 e. The molecule has 1 aromatic carbocycles. The third-order valence-corrected chi connectivity index (χ3v) is 8.15. The Balaban J connectivity index is 1.17. The average molecular weight is 551 g/mol. The van der Waals surface area contributed by atoms with Crippen LogP contribution < -0.4 is 9.47 Å². The number of imidazole rings is 1. The van der Waals surface area contributed by atoms with Gasteiger partial charge in [-0.1, -0.05) is 29.8 Å². The zero-order chi connectivity index (χ0) is 26.4. The van der Waals surface area contributed by atoms with Crippen LogP contribution in [-0.4, -0.2) is 45.1 Å². The van der Waals surface area contributed by atoms with Gasteiger partial charge in [0.25, 0.3) is 5.79 Å². The quantitative estimate of drug-likeness (QED) is 0.281. The number of hydrogen-bond acceptors (Lipinski definition) is 8. The van der Waals surface area contributed by atoms with Crippen molar-refractivity contribution in [2.75, 3.05) is 19.7 Å². The van der Waals surface area contributed by atoms with Crippen molar-refractivity contribution in [2.45, 2.75) is 32.6 Å². The van der Waals surface area contributed by atoms with Gasteiger partial charge in [-0.15, -0.1) is 11.3 Å². The summed E-state index contributed by atoms with van der Waals surface area (Å²) in [6.45, 7) is 6.45. The number of thiophene rings is 1. The van der Waals surface area contributed by atoms with Crippen LogP contribution in [0.3, 0.4) is 0 Å². The van der Waals surface area contributed by atoms with Gasteiger partial charge in [-0.25, -0.2) is 9.78 Å². The molecule has 5 heterocycles. The number of nitrogens with zero attached hydrogens (tertiary/aromatic N) is 4. The minimum absolute atomic E-state index is 0.294. The highest BCUT2D eigenvalue weighted by Gasteiger charge is 2.41. The molecule has 2 aliphatic rings. The number of fused-ring (bicyclic) bond motifs is 2. The first kappa shape index (κ1) is 24.9. The van der Waals surface area contributed by atoms with Gasteiger partial charge >= 0.3 is 5.97 Å². The molecule has 2 aliphatic heterocycles. The fourth-order valence-electron chi connectivity index (χ4n) is 4.90. The molecule has 0 N–H and O–H groups in total. The molecule has 1 atom stereocenters. The highest BCUT2D eigenvalue weighted by atomic mass is 35.5. The summed E-state index contributed by atoms with van der Waals surface area (Å²) in [5, 5.41) is 0.567. The van der Waals surface area contributed by atoms with E-state index in [0.29, 0.717) is 28.0 Å². The summed E-state index contributed by atoms with van der Waals surface area (Å²) >= 11 is 7.39. The number of ether oxygens (including phenoxy) is 3. The summed E-state index contributed by atoms with van der Waals surface area (Å²) in [7, 11) is 1.99. The standard InChI is InChI=1S/C28H27ClN4O4S/c1-4-35-27(34)22-14-20-26(38-22)31-24(32(20)3)16-33-12-10-17(11-13-33)19-6-5-7-21-25(19)37-28(2,36-21)23-9-8-18(29)15-30-23/h5-10,14-15H,4,11-13,16H2,1-3H3/t28-/m0/s1. The van der Waals surface area contributed by atoms with Crippen LogP contribution in [0.25, 0.3) is 15.9 Å². The second-order valence-corrected chi connectivity index (χ2v) is 10.9. The van der Waals surface area contributed by atoms with E-state index in [2.05, 4.69) is 26.6 Å². The largest absolute Gasteiger partial charge is 0.462 e. The number of halogens is 1. The highest BCUT2D eigenvalue weighted by molar-refractivity contribution is 7.20. The number of para-hydroxylation sites is 1. The number of carbonyl (C=O) groups excluding carboxylic acids is 1. The SMILES string of the molecule is CCOC(=O)c1cc2c(nc(CN3CC=C(c4cccc5c4O[C@@](C)(c4ccc(Cl)cn4)O5)CC3)n2C)s1. The van der Waals surface area contributed by atoms with E-state index in [0.717, 1.165) is 53.5 Å². The Hall–Kier alpha value is -3.40. The number of pyridine rings is 1. The Labute approximate surface area is 229 Å². The zero-order valence-corrected chi connectivity index (χ0v) is 22.9. The van der Waals surface area contributed by atoms with E-state index >= 15 is 0 Å². The molecule has 6 rings (SSSR count). The lowest BCUT2D eigenvalue weighted by atomic mass is 9.98. The van der Waals surface area contributed by atoms with E-state index in [1.165, 1.54) is 16.9 Å². The number of aromatic nitrogens is 3.